The molecule has 0 spiro atoms. The Balaban J connectivity index is 1.62. The van der Waals surface area contributed by atoms with Gasteiger partial charge in [-0.15, -0.1) is 0 Å². The van der Waals surface area contributed by atoms with Gasteiger partial charge in [-0.25, -0.2) is 0 Å². The lowest BCUT2D eigenvalue weighted by molar-refractivity contribution is -0.128. The molecule has 0 bridgehead atoms. The maximum Gasteiger partial charge on any atom is 0.305 e. The third-order valence-corrected chi connectivity index (χ3v) is 4.77. The number of hydrogen-bond acceptors (Lipinski definition) is 4. The van der Waals surface area contributed by atoms with Gasteiger partial charge in [0.1, 0.15) is 11.3 Å². The second-order valence-electron chi connectivity index (χ2n) is 5.83. The summed E-state index contributed by atoms with van der Waals surface area (Å²) in [6, 6.07) is 12.3. The van der Waals surface area contributed by atoms with Crippen LogP contribution < -0.4 is 15.6 Å². The first-order chi connectivity index (χ1) is 12.9. The van der Waals surface area contributed by atoms with Crippen LogP contribution in [0.15, 0.2) is 51.4 Å². The Hall–Kier alpha value is -2.51. The average Bonchev–Trinajstić information content (AvgIpc) is 2.99. The second kappa shape index (κ2) is 8.02. The minimum Gasteiger partial charge on any atom is -0.480 e. The number of hydrogen-bond donors (Lipinski definition) is 2. The highest BCUT2D eigenvalue weighted by molar-refractivity contribution is 9.10. The smallest absolute Gasteiger partial charge is 0.305 e. The van der Waals surface area contributed by atoms with E-state index in [4.69, 9.17) is 20.8 Å². The number of nitrogens with one attached hydrogen (secondary N) is 2. The van der Waals surface area contributed by atoms with E-state index >= 15 is 0 Å². The second-order valence-corrected chi connectivity index (χ2v) is 7.12. The molecule has 3 aromatic rings. The molecule has 2 amide bonds. The number of halogens is 2. The summed E-state index contributed by atoms with van der Waals surface area (Å²) in [5.74, 6) is -0.456. The zero-order chi connectivity index (χ0) is 19.6. The van der Waals surface area contributed by atoms with E-state index in [0.29, 0.717) is 26.4 Å². The predicted octanol–water partition coefficient (Wildman–Crippen LogP) is 4.39. The van der Waals surface area contributed by atoms with Crippen molar-refractivity contribution in [2.45, 2.75) is 20.0 Å². The van der Waals surface area contributed by atoms with Crippen molar-refractivity contribution in [3.05, 3.63) is 63.3 Å². The molecule has 0 aliphatic carbocycles. The molecule has 6 nitrogen and oxygen atoms in total. The lowest BCUT2D eigenvalue weighted by Crippen LogP contribution is -2.47. The number of amides is 2. The van der Waals surface area contributed by atoms with E-state index in [1.54, 1.807) is 38.1 Å². The zero-order valence-corrected chi connectivity index (χ0v) is 16.8. The van der Waals surface area contributed by atoms with Crippen LogP contribution in [0.1, 0.15) is 23.0 Å². The Bertz CT molecular complexity index is 1020. The van der Waals surface area contributed by atoms with Crippen molar-refractivity contribution < 1.29 is 18.7 Å². The van der Waals surface area contributed by atoms with Gasteiger partial charge in [0, 0.05) is 16.0 Å². The summed E-state index contributed by atoms with van der Waals surface area (Å²) in [6.07, 6.45) is -0.848. The van der Waals surface area contributed by atoms with Gasteiger partial charge in [0.2, 0.25) is 0 Å². The van der Waals surface area contributed by atoms with Crippen LogP contribution in [0.5, 0.6) is 5.75 Å². The molecule has 8 heteroatoms. The molecule has 1 unspecified atom stereocenters. The summed E-state index contributed by atoms with van der Waals surface area (Å²) < 4.78 is 11.8. The highest BCUT2D eigenvalue weighted by Crippen LogP contribution is 2.28. The minimum atomic E-state index is -0.848. The van der Waals surface area contributed by atoms with Gasteiger partial charge in [-0.1, -0.05) is 29.8 Å². The number of rotatable bonds is 4. The Morgan fingerprint density at radius 2 is 1.93 bits per heavy atom. The first kappa shape index (κ1) is 19.3. The Kier molecular flexibility index (Phi) is 5.72. The molecular formula is C19H16BrClN2O4. The van der Waals surface area contributed by atoms with Crippen LogP contribution in [-0.2, 0) is 4.79 Å². The number of para-hydroxylation sites is 1. The number of ether oxygens (including phenoxy) is 1. The van der Waals surface area contributed by atoms with E-state index in [2.05, 4.69) is 26.8 Å². The van der Waals surface area contributed by atoms with Crippen LogP contribution in [0, 0.1) is 6.92 Å². The van der Waals surface area contributed by atoms with E-state index in [0.717, 1.165) is 5.39 Å². The lowest BCUT2D eigenvalue weighted by atomic mass is 10.1. The van der Waals surface area contributed by atoms with E-state index in [9.17, 15) is 9.59 Å². The topological polar surface area (TPSA) is 80.6 Å². The molecule has 1 aromatic heterocycles. The number of carbonyl (C=O) groups is 2. The number of aryl methyl sites for hydroxylation is 1. The summed E-state index contributed by atoms with van der Waals surface area (Å²) in [6.45, 7) is 3.35. The normalized spacial score (nSPS) is 11.9. The van der Waals surface area contributed by atoms with Crippen molar-refractivity contribution >= 4 is 50.3 Å². The third kappa shape index (κ3) is 4.26. The molecule has 1 heterocycles. The molecular weight excluding hydrogens is 436 g/mol. The van der Waals surface area contributed by atoms with Gasteiger partial charge < -0.3 is 9.15 Å². The average molecular weight is 452 g/mol. The van der Waals surface area contributed by atoms with E-state index < -0.39 is 17.9 Å². The van der Waals surface area contributed by atoms with Crippen molar-refractivity contribution in [2.24, 2.45) is 0 Å². The van der Waals surface area contributed by atoms with E-state index in [1.165, 1.54) is 0 Å². The molecule has 0 aliphatic heterocycles. The molecule has 0 saturated carbocycles. The van der Waals surface area contributed by atoms with Crippen LogP contribution >= 0.6 is 27.5 Å². The molecule has 0 saturated heterocycles. The number of furan rings is 1. The van der Waals surface area contributed by atoms with Crippen LogP contribution in [0.2, 0.25) is 5.02 Å². The van der Waals surface area contributed by atoms with Crippen LogP contribution in [0.25, 0.3) is 11.0 Å². The van der Waals surface area contributed by atoms with Crippen LogP contribution in [0.4, 0.5) is 0 Å². The summed E-state index contributed by atoms with van der Waals surface area (Å²) in [4.78, 5) is 24.5. The maximum absolute atomic E-state index is 12.3. The van der Waals surface area contributed by atoms with Crippen LogP contribution in [-0.4, -0.2) is 17.9 Å². The molecule has 140 valence electrons. The minimum absolute atomic E-state index is 0.144. The molecule has 0 aliphatic rings. The van der Waals surface area contributed by atoms with Gasteiger partial charge in [-0.3, -0.25) is 20.4 Å². The van der Waals surface area contributed by atoms with E-state index in [-0.39, 0.29) is 5.76 Å². The number of hydrazine groups is 1. The predicted molar refractivity (Wildman–Crippen MR) is 106 cm³/mol. The van der Waals surface area contributed by atoms with Gasteiger partial charge in [-0.05, 0) is 54.0 Å². The van der Waals surface area contributed by atoms with Gasteiger partial charge in [0.15, 0.2) is 11.9 Å². The number of benzene rings is 2. The fourth-order valence-electron chi connectivity index (χ4n) is 2.48. The van der Waals surface area contributed by atoms with Crippen molar-refractivity contribution in [3.63, 3.8) is 0 Å². The Morgan fingerprint density at radius 3 is 2.63 bits per heavy atom. The van der Waals surface area contributed by atoms with Crippen LogP contribution in [0.3, 0.4) is 0 Å². The zero-order valence-electron chi connectivity index (χ0n) is 14.5. The molecule has 2 aromatic carbocycles. The van der Waals surface area contributed by atoms with Gasteiger partial charge in [-0.2, -0.15) is 0 Å². The number of carbonyl (C=O) groups excluding carboxylic acids is 2. The van der Waals surface area contributed by atoms with Crippen molar-refractivity contribution in [2.75, 3.05) is 0 Å². The van der Waals surface area contributed by atoms with Gasteiger partial charge >= 0.3 is 5.91 Å². The molecule has 1 atom stereocenters. The Morgan fingerprint density at radius 1 is 1.19 bits per heavy atom. The highest BCUT2D eigenvalue weighted by atomic mass is 79.9. The molecule has 2 N–H and O–H groups in total. The largest absolute Gasteiger partial charge is 0.480 e. The van der Waals surface area contributed by atoms with Crippen molar-refractivity contribution in [1.29, 1.82) is 0 Å². The van der Waals surface area contributed by atoms with Crippen molar-refractivity contribution in [1.82, 2.24) is 10.9 Å². The molecule has 27 heavy (non-hydrogen) atoms. The molecule has 3 rings (SSSR count). The Labute approximate surface area is 168 Å². The fourth-order valence-corrected chi connectivity index (χ4v) is 3.26. The fraction of sp³-hybridized carbons (Fsp3) is 0.158. The summed E-state index contributed by atoms with van der Waals surface area (Å²) >= 11 is 9.20. The quantitative estimate of drug-likeness (QED) is 0.577. The third-order valence-electron chi connectivity index (χ3n) is 3.92. The SMILES string of the molecule is Cc1c(C(=O)NNC(=O)C(C)Oc2ccc(Cl)cc2Br)oc2ccccc12. The maximum atomic E-state index is 12.3. The van der Waals surface area contributed by atoms with Gasteiger partial charge in [0.25, 0.3) is 5.91 Å². The highest BCUT2D eigenvalue weighted by Gasteiger charge is 2.20. The summed E-state index contributed by atoms with van der Waals surface area (Å²) in [5.41, 5.74) is 5.99. The monoisotopic (exact) mass is 450 g/mol. The summed E-state index contributed by atoms with van der Waals surface area (Å²) in [5, 5.41) is 1.39. The van der Waals surface area contributed by atoms with E-state index in [1.807, 2.05) is 18.2 Å². The molecule has 0 radical (unpaired) electrons. The first-order valence-electron chi connectivity index (χ1n) is 8.07. The summed E-state index contributed by atoms with van der Waals surface area (Å²) in [7, 11) is 0. The standard InChI is InChI=1S/C19H16BrClN2O4/c1-10-13-5-3-4-6-15(13)27-17(10)19(25)23-22-18(24)11(2)26-16-8-7-12(21)9-14(16)20/h3-9,11H,1-2H3,(H,22,24)(H,23,25). The van der Waals surface area contributed by atoms with Gasteiger partial charge in [0.05, 0.1) is 4.47 Å². The lowest BCUT2D eigenvalue weighted by Gasteiger charge is -2.16. The first-order valence-corrected chi connectivity index (χ1v) is 9.24. The number of fused-ring (bicyclic) bond motifs is 1. The molecule has 0 fully saturated rings. The van der Waals surface area contributed by atoms with Crippen molar-refractivity contribution in [3.8, 4) is 5.75 Å².